The van der Waals surface area contributed by atoms with E-state index in [1.54, 1.807) is 60.4 Å². The normalized spacial score (nSPS) is 10.6. The van der Waals surface area contributed by atoms with Crippen LogP contribution in [0.1, 0.15) is 77.5 Å². The number of carbonyl (C=O) groups is 4. The smallest absolute Gasteiger partial charge is 0.337 e. The van der Waals surface area contributed by atoms with Crippen molar-refractivity contribution < 1.29 is 42.9 Å². The second-order valence-corrected chi connectivity index (χ2v) is 11.3. The van der Waals surface area contributed by atoms with Gasteiger partial charge in [-0.25, -0.2) is 14.4 Å². The predicted molar refractivity (Wildman–Crippen MR) is 185 cm³/mol. The lowest BCUT2D eigenvalue weighted by Gasteiger charge is -2.19. The summed E-state index contributed by atoms with van der Waals surface area (Å²) in [7, 11) is 0. The molecule has 0 aromatic heterocycles. The van der Waals surface area contributed by atoms with E-state index in [2.05, 4.69) is 4.72 Å². The summed E-state index contributed by atoms with van der Waals surface area (Å²) in [5.41, 5.74) is 4.50. The standard InChI is InChI=1S/C15H15NO4S.C13H17NO3.C8H8O2/c1-10-7-8-11(2)14(9-10)20-21(19)16-13-6-4-3-5-12(13)15(17)18;1-4-14(5-2)12(15)11-8-9(3)6-7-10(11)13(16)17;1-6-4-2-3-5-7(6)8(9)10/h3-9,16H,1-2H3,(H,17,18);6-8H,4-5H2,1-3H3,(H,16,17);2-5H,1H3,(H,9,10). The Balaban J connectivity index is 0.000000266. The second kappa shape index (κ2) is 18.6. The van der Waals surface area contributed by atoms with Gasteiger partial charge in [-0.3, -0.25) is 9.52 Å². The summed E-state index contributed by atoms with van der Waals surface area (Å²) in [6, 6.07) is 23.5. The van der Waals surface area contributed by atoms with Crippen LogP contribution in [-0.2, 0) is 11.3 Å². The molecule has 0 fully saturated rings. The maximum atomic E-state index is 12.1. The van der Waals surface area contributed by atoms with Crippen LogP contribution < -0.4 is 8.91 Å². The van der Waals surface area contributed by atoms with Crippen LogP contribution in [0.4, 0.5) is 5.69 Å². The van der Waals surface area contributed by atoms with E-state index in [4.69, 9.17) is 19.5 Å². The van der Waals surface area contributed by atoms with Gasteiger partial charge in [0.15, 0.2) is 0 Å². The first kappa shape index (κ1) is 38.7. The zero-order valence-corrected chi connectivity index (χ0v) is 28.5. The number of aromatic carboxylic acids is 3. The molecular weight excluding hydrogens is 636 g/mol. The number of benzene rings is 4. The van der Waals surface area contributed by atoms with Gasteiger partial charge in [0, 0.05) is 13.1 Å². The number of para-hydroxylation sites is 1. The summed E-state index contributed by atoms with van der Waals surface area (Å²) in [4.78, 5) is 46.3. The highest BCUT2D eigenvalue weighted by atomic mass is 32.2. The molecule has 0 saturated carbocycles. The van der Waals surface area contributed by atoms with Gasteiger partial charge in [0.25, 0.3) is 5.91 Å². The molecule has 0 aliphatic carbocycles. The number of amides is 1. The van der Waals surface area contributed by atoms with Gasteiger partial charge in [-0.15, -0.1) is 0 Å². The van der Waals surface area contributed by atoms with E-state index in [0.717, 1.165) is 22.3 Å². The lowest BCUT2D eigenvalue weighted by atomic mass is 10.0. The minimum atomic E-state index is -1.88. The average molecular weight is 677 g/mol. The summed E-state index contributed by atoms with van der Waals surface area (Å²) in [5, 5.41) is 26.7. The summed E-state index contributed by atoms with van der Waals surface area (Å²) in [6.07, 6.45) is 0. The topological polar surface area (TPSA) is 171 Å². The van der Waals surface area contributed by atoms with Crippen LogP contribution >= 0.6 is 0 Å². The number of nitrogens with one attached hydrogen (secondary N) is 1. The van der Waals surface area contributed by atoms with Crippen LogP contribution in [0.5, 0.6) is 5.75 Å². The lowest BCUT2D eigenvalue weighted by Crippen LogP contribution is -2.31. The quantitative estimate of drug-likeness (QED) is 0.139. The molecule has 0 heterocycles. The van der Waals surface area contributed by atoms with Crippen molar-refractivity contribution in [1.82, 2.24) is 4.90 Å². The molecule has 0 aliphatic rings. The Bertz CT molecular complexity index is 1790. The van der Waals surface area contributed by atoms with Crippen molar-refractivity contribution in [3.05, 3.63) is 129 Å². The summed E-state index contributed by atoms with van der Waals surface area (Å²) in [6.45, 7) is 12.3. The number of carbonyl (C=O) groups excluding carboxylic acids is 1. The second-order valence-electron chi connectivity index (χ2n) is 10.5. The number of carboxylic acids is 3. The van der Waals surface area contributed by atoms with E-state index in [1.807, 2.05) is 52.8 Å². The van der Waals surface area contributed by atoms with E-state index in [-0.39, 0.29) is 28.3 Å². The largest absolute Gasteiger partial charge is 0.478 e. The van der Waals surface area contributed by atoms with Crippen LogP contribution in [0.2, 0.25) is 0 Å². The molecule has 254 valence electrons. The van der Waals surface area contributed by atoms with Crippen LogP contribution in [0.25, 0.3) is 0 Å². The molecule has 4 rings (SSSR count). The number of hydrogen-bond donors (Lipinski definition) is 4. The van der Waals surface area contributed by atoms with Gasteiger partial charge in [-0.1, -0.05) is 54.1 Å². The first-order valence-corrected chi connectivity index (χ1v) is 16.0. The van der Waals surface area contributed by atoms with Gasteiger partial charge in [0.05, 0.1) is 27.9 Å². The fourth-order valence-electron chi connectivity index (χ4n) is 4.26. The third-order valence-electron chi connectivity index (χ3n) is 6.92. The first-order chi connectivity index (χ1) is 22.7. The van der Waals surface area contributed by atoms with E-state index < -0.39 is 29.2 Å². The summed E-state index contributed by atoms with van der Waals surface area (Å²) >= 11 is -1.88. The molecule has 4 N–H and O–H groups in total. The molecule has 4 aromatic rings. The van der Waals surface area contributed by atoms with Crippen molar-refractivity contribution in [3.8, 4) is 5.75 Å². The van der Waals surface area contributed by atoms with Crippen LogP contribution in [0, 0.1) is 27.7 Å². The molecule has 11 nitrogen and oxygen atoms in total. The Morgan fingerprint density at radius 2 is 1.17 bits per heavy atom. The van der Waals surface area contributed by atoms with Crippen molar-refractivity contribution in [2.24, 2.45) is 0 Å². The van der Waals surface area contributed by atoms with Crippen molar-refractivity contribution in [1.29, 1.82) is 0 Å². The maximum Gasteiger partial charge on any atom is 0.337 e. The van der Waals surface area contributed by atoms with Crippen LogP contribution in [-0.4, -0.2) is 61.3 Å². The Labute approximate surface area is 282 Å². The van der Waals surface area contributed by atoms with Gasteiger partial charge in [-0.2, -0.15) is 4.21 Å². The van der Waals surface area contributed by atoms with Gasteiger partial charge in [0.2, 0.25) is 0 Å². The highest BCUT2D eigenvalue weighted by Gasteiger charge is 2.20. The molecule has 12 heteroatoms. The van der Waals surface area contributed by atoms with Crippen molar-refractivity contribution >= 4 is 40.8 Å². The predicted octanol–water partition coefficient (Wildman–Crippen LogP) is 6.94. The third kappa shape index (κ3) is 11.4. The minimum absolute atomic E-state index is 0.0374. The van der Waals surface area contributed by atoms with E-state index >= 15 is 0 Å². The number of hydrogen-bond acceptors (Lipinski definition) is 6. The molecule has 0 aliphatic heterocycles. The molecule has 4 aromatic carbocycles. The molecule has 0 bridgehead atoms. The number of nitrogens with zero attached hydrogens (tertiary/aromatic N) is 1. The zero-order valence-electron chi connectivity index (χ0n) is 27.6. The number of carboxylic acid groups (broad SMARTS) is 3. The first-order valence-electron chi connectivity index (χ1n) is 14.9. The molecule has 1 unspecified atom stereocenters. The number of anilines is 1. The molecular formula is C36H40N2O9S. The van der Waals surface area contributed by atoms with Gasteiger partial charge in [0.1, 0.15) is 5.75 Å². The molecule has 1 atom stereocenters. The summed E-state index contributed by atoms with van der Waals surface area (Å²) in [5.74, 6) is -2.76. The van der Waals surface area contributed by atoms with Crippen LogP contribution in [0.15, 0.2) is 84.9 Å². The maximum absolute atomic E-state index is 12.1. The molecule has 1 amide bonds. The van der Waals surface area contributed by atoms with Crippen molar-refractivity contribution in [3.63, 3.8) is 0 Å². The lowest BCUT2D eigenvalue weighted by molar-refractivity contribution is 0.0675. The van der Waals surface area contributed by atoms with Gasteiger partial charge in [-0.05, 0) is 94.6 Å². The molecule has 0 radical (unpaired) electrons. The minimum Gasteiger partial charge on any atom is -0.478 e. The Kier molecular flexibility index (Phi) is 15.0. The Morgan fingerprint density at radius 3 is 1.71 bits per heavy atom. The fraction of sp³-hybridized carbons (Fsp3) is 0.222. The highest BCUT2D eigenvalue weighted by molar-refractivity contribution is 7.82. The molecule has 0 spiro atoms. The molecule has 0 saturated heterocycles. The SMILES string of the molecule is CCN(CC)C(=O)c1cc(C)ccc1C(=O)O.Cc1ccc(C)c(OS(=O)Nc2ccccc2C(=O)O)c1.Cc1ccccc1C(=O)O. The Morgan fingerprint density at radius 1 is 0.646 bits per heavy atom. The highest BCUT2D eigenvalue weighted by Crippen LogP contribution is 2.22. The average Bonchev–Trinajstić information content (AvgIpc) is 3.04. The van der Waals surface area contributed by atoms with Gasteiger partial charge >= 0.3 is 29.2 Å². The van der Waals surface area contributed by atoms with Crippen molar-refractivity contribution in [2.45, 2.75) is 41.5 Å². The van der Waals surface area contributed by atoms with E-state index in [0.29, 0.717) is 24.4 Å². The van der Waals surface area contributed by atoms with Crippen molar-refractivity contribution in [2.75, 3.05) is 17.8 Å². The van der Waals surface area contributed by atoms with Crippen LogP contribution in [0.3, 0.4) is 0 Å². The Hall–Kier alpha value is -5.49. The monoisotopic (exact) mass is 676 g/mol. The third-order valence-corrected chi connectivity index (χ3v) is 7.64. The zero-order chi connectivity index (χ0) is 36.0. The molecule has 48 heavy (non-hydrogen) atoms. The summed E-state index contributed by atoms with van der Waals surface area (Å²) < 4.78 is 19.9. The van der Waals surface area contributed by atoms with Gasteiger partial charge < -0.3 is 24.4 Å². The van der Waals surface area contributed by atoms with E-state index in [9.17, 15) is 23.4 Å². The van der Waals surface area contributed by atoms with E-state index in [1.165, 1.54) is 18.2 Å². The number of aryl methyl sites for hydroxylation is 4. The number of rotatable bonds is 10. The fourth-order valence-corrected chi connectivity index (χ4v) is 5.01.